The van der Waals surface area contributed by atoms with E-state index in [-0.39, 0.29) is 5.91 Å². The number of ether oxygens (including phenoxy) is 2. The maximum atomic E-state index is 12.7. The Labute approximate surface area is 146 Å². The SMILES string of the molecule is CCOc1ccc(NC(=O)c2c(C)nc3c(OCC)cccn23)cc1. The lowest BCUT2D eigenvalue weighted by Crippen LogP contribution is -2.15. The highest BCUT2D eigenvalue weighted by atomic mass is 16.5. The maximum Gasteiger partial charge on any atom is 0.274 e. The zero-order valence-corrected chi connectivity index (χ0v) is 14.6. The van der Waals surface area contributed by atoms with Gasteiger partial charge in [0.15, 0.2) is 11.4 Å². The number of hydrogen-bond acceptors (Lipinski definition) is 4. The van der Waals surface area contributed by atoms with Gasteiger partial charge in [0.1, 0.15) is 11.4 Å². The van der Waals surface area contributed by atoms with Crippen molar-refractivity contribution in [1.29, 1.82) is 0 Å². The summed E-state index contributed by atoms with van der Waals surface area (Å²) in [6, 6.07) is 11.0. The van der Waals surface area contributed by atoms with Crippen molar-refractivity contribution in [2.75, 3.05) is 18.5 Å². The molecule has 0 unspecified atom stereocenters. The molecule has 0 saturated carbocycles. The van der Waals surface area contributed by atoms with Crippen LogP contribution in [0.3, 0.4) is 0 Å². The second kappa shape index (κ2) is 7.25. The molecule has 0 aliphatic rings. The Morgan fingerprint density at radius 2 is 1.84 bits per heavy atom. The molecule has 0 aliphatic carbocycles. The third kappa shape index (κ3) is 3.42. The van der Waals surface area contributed by atoms with Crippen LogP contribution < -0.4 is 14.8 Å². The fraction of sp³-hybridized carbons (Fsp3) is 0.263. The molecule has 1 aromatic carbocycles. The first-order valence-electron chi connectivity index (χ1n) is 8.28. The fourth-order valence-electron chi connectivity index (χ4n) is 2.69. The average molecular weight is 339 g/mol. The molecule has 1 N–H and O–H groups in total. The minimum absolute atomic E-state index is 0.220. The van der Waals surface area contributed by atoms with E-state index >= 15 is 0 Å². The summed E-state index contributed by atoms with van der Waals surface area (Å²) in [6.07, 6.45) is 1.81. The predicted molar refractivity (Wildman–Crippen MR) is 96.7 cm³/mol. The summed E-state index contributed by atoms with van der Waals surface area (Å²) < 4.78 is 12.8. The molecular weight excluding hydrogens is 318 g/mol. The number of anilines is 1. The molecular formula is C19H21N3O3. The van der Waals surface area contributed by atoms with Gasteiger partial charge in [-0.15, -0.1) is 0 Å². The minimum atomic E-state index is -0.220. The quantitative estimate of drug-likeness (QED) is 0.744. The summed E-state index contributed by atoms with van der Waals surface area (Å²) in [5, 5.41) is 2.90. The zero-order chi connectivity index (χ0) is 17.8. The number of nitrogens with zero attached hydrogens (tertiary/aromatic N) is 2. The molecule has 6 heteroatoms. The standard InChI is InChI=1S/C19H21N3O3/c1-4-24-15-10-8-14(9-11-15)21-19(23)17-13(3)20-18-16(25-5-2)7-6-12-22(17)18/h6-12H,4-5H2,1-3H3,(H,21,23). The van der Waals surface area contributed by atoms with Crippen molar-refractivity contribution in [2.45, 2.75) is 20.8 Å². The normalized spacial score (nSPS) is 10.7. The lowest BCUT2D eigenvalue weighted by Gasteiger charge is -2.08. The van der Waals surface area contributed by atoms with Crippen molar-refractivity contribution >= 4 is 17.2 Å². The second-order valence-corrected chi connectivity index (χ2v) is 5.46. The van der Waals surface area contributed by atoms with Crippen molar-refractivity contribution in [1.82, 2.24) is 9.38 Å². The van der Waals surface area contributed by atoms with Gasteiger partial charge < -0.3 is 14.8 Å². The third-order valence-corrected chi connectivity index (χ3v) is 3.73. The molecule has 0 spiro atoms. The molecule has 25 heavy (non-hydrogen) atoms. The van der Waals surface area contributed by atoms with Crippen molar-refractivity contribution in [3.8, 4) is 11.5 Å². The van der Waals surface area contributed by atoms with Crippen molar-refractivity contribution in [3.05, 3.63) is 54.0 Å². The Morgan fingerprint density at radius 1 is 1.12 bits per heavy atom. The van der Waals surface area contributed by atoms with E-state index in [1.165, 1.54) is 0 Å². The number of nitrogens with one attached hydrogen (secondary N) is 1. The molecule has 0 fully saturated rings. The van der Waals surface area contributed by atoms with Gasteiger partial charge in [0, 0.05) is 11.9 Å². The van der Waals surface area contributed by atoms with E-state index in [2.05, 4.69) is 10.3 Å². The van der Waals surface area contributed by atoms with E-state index in [1.807, 2.05) is 63.4 Å². The number of carbonyl (C=O) groups is 1. The van der Waals surface area contributed by atoms with E-state index in [1.54, 1.807) is 4.40 Å². The molecule has 0 atom stereocenters. The molecule has 0 saturated heterocycles. The minimum Gasteiger partial charge on any atom is -0.494 e. The first kappa shape index (κ1) is 16.8. The molecule has 6 nitrogen and oxygen atoms in total. The summed E-state index contributed by atoms with van der Waals surface area (Å²) in [5.41, 5.74) is 2.48. The molecule has 0 bridgehead atoms. The van der Waals surface area contributed by atoms with E-state index in [4.69, 9.17) is 9.47 Å². The lowest BCUT2D eigenvalue weighted by molar-refractivity contribution is 0.102. The number of rotatable bonds is 6. The highest BCUT2D eigenvalue weighted by Crippen LogP contribution is 2.23. The topological polar surface area (TPSA) is 64.9 Å². The first-order chi connectivity index (χ1) is 12.1. The number of amides is 1. The van der Waals surface area contributed by atoms with Crippen LogP contribution in [0.25, 0.3) is 5.65 Å². The first-order valence-corrected chi connectivity index (χ1v) is 8.28. The van der Waals surface area contributed by atoms with Gasteiger partial charge in [-0.2, -0.15) is 0 Å². The molecule has 0 aliphatic heterocycles. The van der Waals surface area contributed by atoms with Crippen LogP contribution in [-0.2, 0) is 0 Å². The number of benzene rings is 1. The Morgan fingerprint density at radius 3 is 2.52 bits per heavy atom. The number of aromatic nitrogens is 2. The van der Waals surface area contributed by atoms with Crippen molar-refractivity contribution < 1.29 is 14.3 Å². The Hall–Kier alpha value is -3.02. The van der Waals surface area contributed by atoms with E-state index in [0.717, 1.165) is 5.75 Å². The summed E-state index contributed by atoms with van der Waals surface area (Å²) in [7, 11) is 0. The van der Waals surface area contributed by atoms with Crippen LogP contribution in [0.1, 0.15) is 30.0 Å². The van der Waals surface area contributed by atoms with Crippen LogP contribution in [0.15, 0.2) is 42.6 Å². The summed E-state index contributed by atoms with van der Waals surface area (Å²) >= 11 is 0. The third-order valence-electron chi connectivity index (χ3n) is 3.73. The van der Waals surface area contributed by atoms with Gasteiger partial charge in [-0.25, -0.2) is 4.98 Å². The Kier molecular flexibility index (Phi) is 4.88. The van der Waals surface area contributed by atoms with Crippen LogP contribution in [0.2, 0.25) is 0 Å². The van der Waals surface area contributed by atoms with Crippen molar-refractivity contribution in [2.24, 2.45) is 0 Å². The maximum absolute atomic E-state index is 12.7. The number of carbonyl (C=O) groups excluding carboxylic acids is 1. The second-order valence-electron chi connectivity index (χ2n) is 5.46. The smallest absolute Gasteiger partial charge is 0.274 e. The Balaban J connectivity index is 1.89. The molecule has 0 radical (unpaired) electrons. The van der Waals surface area contributed by atoms with E-state index in [9.17, 15) is 4.79 Å². The van der Waals surface area contributed by atoms with Gasteiger partial charge in [0.2, 0.25) is 0 Å². The van der Waals surface area contributed by atoms with Crippen LogP contribution >= 0.6 is 0 Å². The number of imidazole rings is 1. The van der Waals surface area contributed by atoms with Crippen molar-refractivity contribution in [3.63, 3.8) is 0 Å². The molecule has 130 valence electrons. The summed E-state index contributed by atoms with van der Waals surface area (Å²) in [5.74, 6) is 1.21. The average Bonchev–Trinajstić information content (AvgIpc) is 2.94. The lowest BCUT2D eigenvalue weighted by atomic mass is 10.2. The van der Waals surface area contributed by atoms with E-state index < -0.39 is 0 Å². The van der Waals surface area contributed by atoms with Gasteiger partial charge in [-0.05, 0) is 57.2 Å². The predicted octanol–water partition coefficient (Wildman–Crippen LogP) is 3.69. The number of fused-ring (bicyclic) bond motifs is 1. The van der Waals surface area contributed by atoms with Crippen LogP contribution in [0.4, 0.5) is 5.69 Å². The fourth-order valence-corrected chi connectivity index (χ4v) is 2.69. The summed E-state index contributed by atoms with van der Waals surface area (Å²) in [6.45, 7) is 6.81. The highest BCUT2D eigenvalue weighted by molar-refractivity contribution is 6.04. The van der Waals surface area contributed by atoms with Gasteiger partial charge >= 0.3 is 0 Å². The van der Waals surface area contributed by atoms with Crippen LogP contribution in [0.5, 0.6) is 11.5 Å². The molecule has 2 aromatic heterocycles. The monoisotopic (exact) mass is 339 g/mol. The molecule has 3 rings (SSSR count). The number of hydrogen-bond donors (Lipinski definition) is 1. The van der Waals surface area contributed by atoms with Gasteiger partial charge in [-0.1, -0.05) is 0 Å². The number of aryl methyl sites for hydroxylation is 1. The van der Waals surface area contributed by atoms with E-state index in [0.29, 0.717) is 41.7 Å². The Bertz CT molecular complexity index is 885. The molecule has 3 aromatic rings. The van der Waals surface area contributed by atoms with Gasteiger partial charge in [0.25, 0.3) is 5.91 Å². The zero-order valence-electron chi connectivity index (χ0n) is 14.6. The van der Waals surface area contributed by atoms with Crippen LogP contribution in [-0.4, -0.2) is 28.5 Å². The van der Waals surface area contributed by atoms with Gasteiger partial charge in [-0.3, -0.25) is 9.20 Å². The van der Waals surface area contributed by atoms with Gasteiger partial charge in [0.05, 0.1) is 18.9 Å². The largest absolute Gasteiger partial charge is 0.494 e. The number of pyridine rings is 1. The highest BCUT2D eigenvalue weighted by Gasteiger charge is 2.18. The summed E-state index contributed by atoms with van der Waals surface area (Å²) in [4.78, 5) is 17.2. The molecule has 2 heterocycles. The molecule has 1 amide bonds. The van der Waals surface area contributed by atoms with Crippen LogP contribution in [0, 0.1) is 6.92 Å².